The molecule has 1 heterocycles. The van der Waals surface area contributed by atoms with Gasteiger partial charge in [-0.15, -0.1) is 0 Å². The fourth-order valence-corrected chi connectivity index (χ4v) is 8.05. The predicted molar refractivity (Wildman–Crippen MR) is 81.9 cm³/mol. The second-order valence-corrected chi connectivity index (χ2v) is 10.0. The molecule has 0 aromatic carbocycles. The summed E-state index contributed by atoms with van der Waals surface area (Å²) in [5.74, 6) is -0.398. The minimum Gasteiger partial charge on any atom is -0.417 e. The van der Waals surface area contributed by atoms with Crippen LogP contribution >= 0.6 is 0 Å². The lowest BCUT2D eigenvalue weighted by molar-refractivity contribution is -0.271. The van der Waals surface area contributed by atoms with Gasteiger partial charge in [0.25, 0.3) is 0 Å². The topological polar surface area (TPSA) is 27.7 Å². The van der Waals surface area contributed by atoms with Crippen molar-refractivity contribution in [3.8, 4) is 0 Å². The van der Waals surface area contributed by atoms with E-state index in [1.165, 1.54) is 12.5 Å². The van der Waals surface area contributed by atoms with Gasteiger partial charge in [0.2, 0.25) is 8.32 Å². The lowest BCUT2D eigenvalue weighted by Gasteiger charge is -2.48. The van der Waals surface area contributed by atoms with Gasteiger partial charge in [-0.1, -0.05) is 34.1 Å². The fraction of sp³-hybridized carbons (Fsp3) is 1.00. The van der Waals surface area contributed by atoms with Crippen molar-refractivity contribution in [2.24, 2.45) is 0 Å². The van der Waals surface area contributed by atoms with Crippen molar-refractivity contribution in [1.82, 2.24) is 0 Å². The molecule has 1 aliphatic heterocycles. The Kier molecular flexibility index (Phi) is 7.01. The standard InChI is InChI=1S/C15H32O3Si/c1-6-13-19(9-4,18-8-3)14(5)15(7-2)16-11-10-12-17-15/h14H,6-13H2,1-5H3. The average molecular weight is 289 g/mol. The Morgan fingerprint density at radius 3 is 2.21 bits per heavy atom. The lowest BCUT2D eigenvalue weighted by atomic mass is 10.1. The first-order valence-corrected chi connectivity index (χ1v) is 10.4. The zero-order chi connectivity index (χ0) is 14.4. The summed E-state index contributed by atoms with van der Waals surface area (Å²) >= 11 is 0. The van der Waals surface area contributed by atoms with Crippen molar-refractivity contribution in [2.75, 3.05) is 19.8 Å². The second-order valence-electron chi connectivity index (χ2n) is 5.54. The number of ether oxygens (including phenoxy) is 2. The highest BCUT2D eigenvalue weighted by Gasteiger charge is 2.51. The minimum absolute atomic E-state index is 0.384. The molecule has 3 nitrogen and oxygen atoms in total. The van der Waals surface area contributed by atoms with Crippen LogP contribution in [-0.4, -0.2) is 33.9 Å². The third-order valence-electron chi connectivity index (χ3n) is 4.63. The van der Waals surface area contributed by atoms with E-state index in [2.05, 4.69) is 34.6 Å². The van der Waals surface area contributed by atoms with Gasteiger partial charge >= 0.3 is 0 Å². The summed E-state index contributed by atoms with van der Waals surface area (Å²) in [6, 6.07) is 2.34. The highest BCUT2D eigenvalue weighted by atomic mass is 28.4. The van der Waals surface area contributed by atoms with Gasteiger partial charge in [-0.2, -0.15) is 0 Å². The van der Waals surface area contributed by atoms with E-state index in [9.17, 15) is 0 Å². The molecule has 19 heavy (non-hydrogen) atoms. The van der Waals surface area contributed by atoms with Crippen molar-refractivity contribution >= 4 is 8.32 Å². The van der Waals surface area contributed by atoms with Crippen LogP contribution in [-0.2, 0) is 13.9 Å². The number of hydrogen-bond donors (Lipinski definition) is 0. The second kappa shape index (κ2) is 7.77. The molecule has 4 heteroatoms. The molecule has 0 aliphatic carbocycles. The van der Waals surface area contributed by atoms with Crippen molar-refractivity contribution in [3.63, 3.8) is 0 Å². The zero-order valence-corrected chi connectivity index (χ0v) is 14.5. The Labute approximate surface area is 120 Å². The quantitative estimate of drug-likeness (QED) is 0.622. The van der Waals surface area contributed by atoms with Crippen LogP contribution in [0.4, 0.5) is 0 Å². The molecule has 2 unspecified atom stereocenters. The van der Waals surface area contributed by atoms with E-state index in [1.807, 2.05) is 0 Å². The molecule has 0 bridgehead atoms. The number of rotatable bonds is 8. The summed E-state index contributed by atoms with van der Waals surface area (Å²) < 4.78 is 18.6. The summed E-state index contributed by atoms with van der Waals surface area (Å²) in [6.07, 6.45) is 3.11. The van der Waals surface area contributed by atoms with Crippen LogP contribution < -0.4 is 0 Å². The first-order valence-electron chi connectivity index (χ1n) is 8.02. The molecule has 1 saturated heterocycles. The maximum absolute atomic E-state index is 6.34. The van der Waals surface area contributed by atoms with Crippen molar-refractivity contribution in [1.29, 1.82) is 0 Å². The molecule has 0 saturated carbocycles. The molecule has 1 aliphatic rings. The summed E-state index contributed by atoms with van der Waals surface area (Å²) in [6.45, 7) is 13.6. The van der Waals surface area contributed by atoms with Crippen LogP contribution in [0.15, 0.2) is 0 Å². The van der Waals surface area contributed by atoms with Gasteiger partial charge in [-0.25, -0.2) is 0 Å². The van der Waals surface area contributed by atoms with E-state index in [1.54, 1.807) is 0 Å². The molecular formula is C15H32O3Si. The molecule has 1 rings (SSSR count). The van der Waals surface area contributed by atoms with E-state index < -0.39 is 14.1 Å². The molecule has 2 atom stereocenters. The van der Waals surface area contributed by atoms with Crippen LogP contribution in [0.2, 0.25) is 17.6 Å². The van der Waals surface area contributed by atoms with Crippen molar-refractivity contribution in [2.45, 2.75) is 77.3 Å². The summed E-state index contributed by atoms with van der Waals surface area (Å²) in [7, 11) is -1.80. The molecule has 0 N–H and O–H groups in total. The average Bonchev–Trinajstić information content (AvgIpc) is 2.46. The normalized spacial score (nSPS) is 23.8. The number of hydrogen-bond acceptors (Lipinski definition) is 3. The monoisotopic (exact) mass is 288 g/mol. The van der Waals surface area contributed by atoms with Gasteiger partial charge in [0.15, 0.2) is 5.79 Å². The third-order valence-corrected chi connectivity index (χ3v) is 10.1. The van der Waals surface area contributed by atoms with E-state index >= 15 is 0 Å². The Hall–Kier alpha value is 0.0969. The van der Waals surface area contributed by atoms with E-state index in [0.29, 0.717) is 5.54 Å². The molecule has 1 fully saturated rings. The largest absolute Gasteiger partial charge is 0.417 e. The third kappa shape index (κ3) is 3.60. The van der Waals surface area contributed by atoms with E-state index in [-0.39, 0.29) is 0 Å². The first kappa shape index (κ1) is 17.1. The van der Waals surface area contributed by atoms with Crippen molar-refractivity contribution < 1.29 is 13.9 Å². The van der Waals surface area contributed by atoms with Crippen LogP contribution in [0.3, 0.4) is 0 Å². The minimum atomic E-state index is -1.80. The Morgan fingerprint density at radius 2 is 1.79 bits per heavy atom. The molecule has 0 aromatic rings. The fourth-order valence-electron chi connectivity index (χ4n) is 3.46. The summed E-state index contributed by atoms with van der Waals surface area (Å²) in [4.78, 5) is 0. The van der Waals surface area contributed by atoms with E-state index in [4.69, 9.17) is 13.9 Å². The Balaban J connectivity index is 2.97. The maximum Gasteiger partial charge on any atom is 0.200 e. The maximum atomic E-state index is 6.34. The van der Waals surface area contributed by atoms with Crippen LogP contribution in [0.25, 0.3) is 0 Å². The smallest absolute Gasteiger partial charge is 0.200 e. The van der Waals surface area contributed by atoms with Gasteiger partial charge in [0, 0.05) is 12.1 Å². The van der Waals surface area contributed by atoms with Gasteiger partial charge < -0.3 is 13.9 Å². The molecule has 0 spiro atoms. The summed E-state index contributed by atoms with van der Waals surface area (Å²) in [5, 5.41) is 0. The lowest BCUT2D eigenvalue weighted by Crippen LogP contribution is -2.55. The zero-order valence-electron chi connectivity index (χ0n) is 13.5. The van der Waals surface area contributed by atoms with E-state index in [0.717, 1.165) is 38.7 Å². The highest BCUT2D eigenvalue weighted by Crippen LogP contribution is 2.45. The predicted octanol–water partition coefficient (Wildman–Crippen LogP) is 4.33. The molecule has 114 valence electrons. The molecule has 0 radical (unpaired) electrons. The van der Waals surface area contributed by atoms with Gasteiger partial charge in [0.05, 0.1) is 13.2 Å². The van der Waals surface area contributed by atoms with Crippen LogP contribution in [0, 0.1) is 0 Å². The Bertz CT molecular complexity index is 246. The van der Waals surface area contributed by atoms with Gasteiger partial charge in [-0.3, -0.25) is 0 Å². The first-order chi connectivity index (χ1) is 9.10. The highest BCUT2D eigenvalue weighted by molar-refractivity contribution is 6.75. The van der Waals surface area contributed by atoms with Crippen LogP contribution in [0.1, 0.15) is 53.9 Å². The SMILES string of the molecule is CCC[Si](CC)(OCC)C(C)C1(CC)OCCCO1. The van der Waals surface area contributed by atoms with Crippen LogP contribution in [0.5, 0.6) is 0 Å². The summed E-state index contributed by atoms with van der Waals surface area (Å²) in [5.41, 5.74) is 0.384. The van der Waals surface area contributed by atoms with Gasteiger partial charge in [0.1, 0.15) is 0 Å². The van der Waals surface area contributed by atoms with Gasteiger partial charge in [-0.05, 0) is 31.9 Å². The van der Waals surface area contributed by atoms with Crippen molar-refractivity contribution in [3.05, 3.63) is 0 Å². The molecule has 0 amide bonds. The molecular weight excluding hydrogens is 256 g/mol. The molecule has 0 aromatic heterocycles. The Morgan fingerprint density at radius 1 is 1.16 bits per heavy atom.